The number of rotatable bonds is 14. The van der Waals surface area contributed by atoms with Gasteiger partial charge >= 0.3 is 0 Å². The molecule has 5 N–H and O–H groups in total. The molecule has 1 saturated carbocycles. The second kappa shape index (κ2) is 14.4. The van der Waals surface area contributed by atoms with Gasteiger partial charge in [-0.15, -0.1) is 0 Å². The molecule has 0 saturated heterocycles. The number of hydrogen-bond donors (Lipinski definition) is 4. The number of Topliss-reactive ketones (excluding diaryl/α,β-unsaturated/α-hetero) is 1. The number of nitrogens with two attached hydrogens (primary N) is 1. The summed E-state index contributed by atoms with van der Waals surface area (Å²) >= 11 is 0. The van der Waals surface area contributed by atoms with Crippen molar-refractivity contribution in [1.82, 2.24) is 20.5 Å². The van der Waals surface area contributed by atoms with Crippen molar-refractivity contribution in [1.29, 1.82) is 0 Å². The van der Waals surface area contributed by atoms with E-state index in [0.717, 1.165) is 19.3 Å². The highest BCUT2D eigenvalue weighted by Crippen LogP contribution is 2.40. The van der Waals surface area contributed by atoms with Gasteiger partial charge in [-0.05, 0) is 38.0 Å². The van der Waals surface area contributed by atoms with E-state index in [0.29, 0.717) is 24.5 Å². The molecule has 2 amide bonds. The third-order valence-corrected chi connectivity index (χ3v) is 7.69. The highest BCUT2D eigenvalue weighted by molar-refractivity contribution is 6.15. The Labute approximate surface area is 220 Å². The van der Waals surface area contributed by atoms with E-state index < -0.39 is 40.8 Å². The van der Waals surface area contributed by atoms with Crippen LogP contribution in [-0.4, -0.2) is 38.3 Å². The predicted octanol–water partition coefficient (Wildman–Crippen LogP) is 3.71. The van der Waals surface area contributed by atoms with Crippen molar-refractivity contribution >= 4 is 23.5 Å². The van der Waals surface area contributed by atoms with Crippen LogP contribution in [0.1, 0.15) is 102 Å². The van der Waals surface area contributed by atoms with E-state index in [-0.39, 0.29) is 25.2 Å². The van der Waals surface area contributed by atoms with Gasteiger partial charge in [0.2, 0.25) is 17.7 Å². The summed E-state index contributed by atoms with van der Waals surface area (Å²) < 4.78 is 1.20. The number of nitrogens with one attached hydrogen (secondary N) is 2. The number of carbonyl (C=O) groups excluding carboxylic acids is 4. The van der Waals surface area contributed by atoms with Gasteiger partial charge < -0.3 is 0 Å². The van der Waals surface area contributed by atoms with Crippen LogP contribution in [-0.2, 0) is 14.4 Å². The summed E-state index contributed by atoms with van der Waals surface area (Å²) in [5.74, 6) is 0.629. The first-order chi connectivity index (χ1) is 17.6. The molecule has 1 aromatic rings. The topological polar surface area (TPSA) is 156 Å². The molecule has 0 aromatic carbocycles. The number of hydrazine groups is 1. The SMILES string of the molecule is CCCC(CC(C)C)(C(=O)NN)C(=O)[C@H](C(=O)n1cnc(C)c1)[C@H](CCCC1CCCCC1)C(=O)NO. The summed E-state index contributed by atoms with van der Waals surface area (Å²) in [5, 5.41) is 9.61. The Bertz CT molecular complexity index is 924. The first-order valence-corrected chi connectivity index (χ1v) is 13.6. The van der Waals surface area contributed by atoms with Crippen molar-refractivity contribution in [3.8, 4) is 0 Å². The Morgan fingerprint density at radius 3 is 2.41 bits per heavy atom. The maximum atomic E-state index is 14.4. The molecule has 1 fully saturated rings. The number of amides is 2. The third kappa shape index (κ3) is 7.70. The first-order valence-electron chi connectivity index (χ1n) is 13.6. The predicted molar refractivity (Wildman–Crippen MR) is 139 cm³/mol. The molecule has 1 aliphatic carbocycles. The molecule has 1 aromatic heterocycles. The van der Waals surface area contributed by atoms with Crippen LogP contribution >= 0.6 is 0 Å². The zero-order valence-electron chi connectivity index (χ0n) is 22.8. The lowest BCUT2D eigenvalue weighted by Gasteiger charge is -2.36. The molecule has 10 heteroatoms. The number of hydroxylamine groups is 1. The summed E-state index contributed by atoms with van der Waals surface area (Å²) in [6.07, 6.45) is 11.3. The van der Waals surface area contributed by atoms with Crippen molar-refractivity contribution in [2.45, 2.75) is 98.3 Å². The van der Waals surface area contributed by atoms with Crippen LogP contribution in [0.15, 0.2) is 12.5 Å². The molecule has 0 bridgehead atoms. The van der Waals surface area contributed by atoms with E-state index in [1.165, 1.54) is 36.4 Å². The number of aromatic nitrogens is 2. The van der Waals surface area contributed by atoms with Gasteiger partial charge in [0.15, 0.2) is 5.78 Å². The van der Waals surface area contributed by atoms with Crippen LogP contribution in [0.5, 0.6) is 0 Å². The fourth-order valence-electron chi connectivity index (χ4n) is 6.01. The van der Waals surface area contributed by atoms with Crippen LogP contribution in [0.3, 0.4) is 0 Å². The second-order valence-electron chi connectivity index (χ2n) is 11.0. The Morgan fingerprint density at radius 2 is 1.89 bits per heavy atom. The Hall–Kier alpha value is -2.59. The van der Waals surface area contributed by atoms with Crippen molar-refractivity contribution < 1.29 is 24.4 Å². The minimum absolute atomic E-state index is 0.0598. The fraction of sp³-hybridized carbons (Fsp3) is 0.741. The zero-order valence-corrected chi connectivity index (χ0v) is 22.8. The summed E-state index contributed by atoms with van der Waals surface area (Å²) in [5.41, 5.74) is 2.80. The summed E-state index contributed by atoms with van der Waals surface area (Å²) in [4.78, 5) is 58.6. The lowest BCUT2D eigenvalue weighted by Crippen LogP contribution is -2.55. The minimum Gasteiger partial charge on any atom is -0.298 e. The molecule has 0 spiro atoms. The molecule has 1 heterocycles. The molecule has 1 unspecified atom stereocenters. The van der Waals surface area contributed by atoms with E-state index in [1.54, 1.807) is 12.4 Å². The van der Waals surface area contributed by atoms with Gasteiger partial charge in [-0.25, -0.2) is 16.3 Å². The molecule has 208 valence electrons. The third-order valence-electron chi connectivity index (χ3n) is 7.69. The minimum atomic E-state index is -1.59. The van der Waals surface area contributed by atoms with Gasteiger partial charge in [0.25, 0.3) is 0 Å². The number of ketones is 1. The van der Waals surface area contributed by atoms with Gasteiger partial charge in [0.05, 0.1) is 11.6 Å². The van der Waals surface area contributed by atoms with Crippen molar-refractivity contribution in [2.75, 3.05) is 0 Å². The largest absolute Gasteiger partial charge is 0.298 e. The zero-order chi connectivity index (χ0) is 27.6. The average Bonchev–Trinajstić information content (AvgIpc) is 3.32. The van der Waals surface area contributed by atoms with E-state index in [2.05, 4.69) is 10.4 Å². The molecule has 0 radical (unpaired) electrons. The monoisotopic (exact) mass is 519 g/mol. The van der Waals surface area contributed by atoms with Crippen molar-refractivity contribution in [2.24, 2.45) is 34.9 Å². The normalized spacial score (nSPS) is 17.6. The number of hydrogen-bond acceptors (Lipinski definition) is 7. The van der Waals surface area contributed by atoms with E-state index in [1.807, 2.05) is 20.8 Å². The second-order valence-corrected chi connectivity index (χ2v) is 11.0. The maximum absolute atomic E-state index is 14.4. The lowest BCUT2D eigenvalue weighted by atomic mass is 9.65. The average molecular weight is 520 g/mol. The molecule has 10 nitrogen and oxygen atoms in total. The van der Waals surface area contributed by atoms with Gasteiger partial charge in [-0.2, -0.15) is 0 Å². The maximum Gasteiger partial charge on any atom is 0.247 e. The number of aryl methyl sites for hydroxylation is 1. The number of imidazole rings is 1. The van der Waals surface area contributed by atoms with Crippen molar-refractivity contribution in [3.05, 3.63) is 18.2 Å². The van der Waals surface area contributed by atoms with Gasteiger partial charge in [0.1, 0.15) is 17.7 Å². The standard InChI is InChI=1S/C27H45N5O5/c1-5-14-27(15-18(2)3,26(36)30-28)23(33)22(25(35)32-16-19(4)29-17-32)21(24(34)31-37)13-9-12-20-10-7-6-8-11-20/h16-18,20-22,37H,5-15,28H2,1-4H3,(H,30,36)(H,31,34)/t21-,22+,27?/m0/s1. The van der Waals surface area contributed by atoms with E-state index in [9.17, 15) is 24.4 Å². The quantitative estimate of drug-likeness (QED) is 0.0959. The molecule has 37 heavy (non-hydrogen) atoms. The number of nitrogens with zero attached hydrogens (tertiary/aromatic N) is 2. The smallest absolute Gasteiger partial charge is 0.247 e. The summed E-state index contributed by atoms with van der Waals surface area (Å²) in [6, 6.07) is 0. The van der Waals surface area contributed by atoms with Crippen LogP contribution in [0, 0.1) is 36.0 Å². The van der Waals surface area contributed by atoms with Crippen LogP contribution in [0.2, 0.25) is 0 Å². The fourth-order valence-corrected chi connectivity index (χ4v) is 6.01. The molecule has 1 aliphatic rings. The molecular formula is C27H45N5O5. The van der Waals surface area contributed by atoms with Crippen LogP contribution in [0.4, 0.5) is 0 Å². The Morgan fingerprint density at radius 1 is 1.22 bits per heavy atom. The molecule has 0 aliphatic heterocycles. The highest BCUT2D eigenvalue weighted by atomic mass is 16.5. The van der Waals surface area contributed by atoms with Gasteiger partial charge in [-0.3, -0.25) is 34.4 Å². The van der Waals surface area contributed by atoms with E-state index >= 15 is 0 Å². The van der Waals surface area contributed by atoms with Crippen LogP contribution in [0.25, 0.3) is 0 Å². The lowest BCUT2D eigenvalue weighted by molar-refractivity contribution is -0.150. The van der Waals surface area contributed by atoms with E-state index in [4.69, 9.17) is 5.84 Å². The molecule has 2 rings (SSSR count). The summed E-state index contributed by atoms with van der Waals surface area (Å²) in [7, 11) is 0. The highest BCUT2D eigenvalue weighted by Gasteiger charge is 2.53. The number of carbonyl (C=O) groups is 4. The van der Waals surface area contributed by atoms with Crippen LogP contribution < -0.4 is 16.7 Å². The molecule has 3 atom stereocenters. The Kier molecular flexibility index (Phi) is 11.9. The van der Waals surface area contributed by atoms with Gasteiger partial charge in [-0.1, -0.05) is 72.1 Å². The molecular weight excluding hydrogens is 474 g/mol. The van der Waals surface area contributed by atoms with Gasteiger partial charge in [0, 0.05) is 6.20 Å². The first kappa shape index (κ1) is 30.6. The van der Waals surface area contributed by atoms with Crippen molar-refractivity contribution in [3.63, 3.8) is 0 Å². The summed E-state index contributed by atoms with van der Waals surface area (Å²) in [6.45, 7) is 7.34. The Balaban J connectivity index is 2.53.